The van der Waals surface area contributed by atoms with Gasteiger partial charge in [0, 0.05) is 0 Å². The number of para-hydroxylation sites is 2. The molecule has 0 bridgehead atoms. The molecule has 0 aliphatic rings. The van der Waals surface area contributed by atoms with E-state index in [0.29, 0.717) is 6.54 Å². The standard InChI is InChI=1S/C23H22N4Te/c1-16-11-13-19(14-12-16)28-22(24-23-17(2)7-6-8-18(23)3)15-27-21-10-5-4-9-20(21)25-26-27/h4-14H,15H2,1-3H3. The molecule has 140 valence electrons. The van der Waals surface area contributed by atoms with Crippen molar-refractivity contribution in [2.24, 2.45) is 4.99 Å². The summed E-state index contributed by atoms with van der Waals surface area (Å²) >= 11 is -0.621. The molecule has 0 atom stereocenters. The summed E-state index contributed by atoms with van der Waals surface area (Å²) in [5, 5.41) is 8.69. The van der Waals surface area contributed by atoms with Crippen molar-refractivity contribution in [2.45, 2.75) is 27.3 Å². The summed E-state index contributed by atoms with van der Waals surface area (Å²) in [4.78, 5) is 5.14. The molecule has 4 rings (SSSR count). The maximum atomic E-state index is 5.14. The minimum atomic E-state index is -0.621. The van der Waals surface area contributed by atoms with Gasteiger partial charge in [0.05, 0.1) is 0 Å². The molecule has 0 unspecified atom stereocenters. The van der Waals surface area contributed by atoms with Crippen LogP contribution in [0.15, 0.2) is 71.7 Å². The van der Waals surface area contributed by atoms with Gasteiger partial charge >= 0.3 is 176 Å². The van der Waals surface area contributed by atoms with Crippen LogP contribution >= 0.6 is 0 Å². The first kappa shape index (κ1) is 18.9. The Hall–Kier alpha value is -2.48. The van der Waals surface area contributed by atoms with Gasteiger partial charge in [-0.05, 0) is 0 Å². The molecule has 3 aromatic carbocycles. The molecule has 0 spiro atoms. The Morgan fingerprint density at radius 2 is 1.61 bits per heavy atom. The van der Waals surface area contributed by atoms with Gasteiger partial charge in [0.2, 0.25) is 0 Å². The predicted octanol–water partition coefficient (Wildman–Crippen LogP) is 4.12. The Morgan fingerprint density at radius 3 is 2.36 bits per heavy atom. The van der Waals surface area contributed by atoms with Gasteiger partial charge < -0.3 is 0 Å². The van der Waals surface area contributed by atoms with Gasteiger partial charge in [0.1, 0.15) is 0 Å². The van der Waals surface area contributed by atoms with Crippen LogP contribution in [0.5, 0.6) is 0 Å². The summed E-state index contributed by atoms with van der Waals surface area (Å²) in [5.74, 6) is 0. The number of nitrogens with zero attached hydrogens (tertiary/aromatic N) is 4. The Balaban J connectivity index is 1.74. The molecular weight excluding hydrogens is 460 g/mol. The number of benzene rings is 3. The zero-order valence-corrected chi connectivity index (χ0v) is 18.6. The van der Waals surface area contributed by atoms with Gasteiger partial charge in [-0.1, -0.05) is 0 Å². The van der Waals surface area contributed by atoms with Gasteiger partial charge in [-0.15, -0.1) is 0 Å². The van der Waals surface area contributed by atoms with Crippen LogP contribution in [0, 0.1) is 20.8 Å². The van der Waals surface area contributed by atoms with Gasteiger partial charge in [-0.3, -0.25) is 0 Å². The number of hydrogen-bond donors (Lipinski definition) is 0. The van der Waals surface area contributed by atoms with Crippen molar-refractivity contribution >= 4 is 45.0 Å². The van der Waals surface area contributed by atoms with E-state index in [9.17, 15) is 0 Å². The number of aryl methyl sites for hydroxylation is 3. The predicted molar refractivity (Wildman–Crippen MR) is 117 cm³/mol. The number of aromatic nitrogens is 3. The first-order chi connectivity index (χ1) is 13.6. The van der Waals surface area contributed by atoms with Crippen molar-refractivity contribution in [3.8, 4) is 0 Å². The summed E-state index contributed by atoms with van der Waals surface area (Å²) in [6.07, 6.45) is 0. The molecule has 0 radical (unpaired) electrons. The normalized spacial score (nSPS) is 11.9. The average molecular weight is 482 g/mol. The van der Waals surface area contributed by atoms with Crippen LogP contribution < -0.4 is 3.61 Å². The third-order valence-corrected chi connectivity index (χ3v) is 7.39. The fourth-order valence-corrected chi connectivity index (χ4v) is 5.58. The molecule has 0 aliphatic heterocycles. The fourth-order valence-electron chi connectivity index (χ4n) is 3.10. The molecular formula is C23H22N4Te. The molecule has 28 heavy (non-hydrogen) atoms. The van der Waals surface area contributed by atoms with Crippen LogP contribution in [0.1, 0.15) is 16.7 Å². The van der Waals surface area contributed by atoms with Crippen LogP contribution in [0.2, 0.25) is 0 Å². The van der Waals surface area contributed by atoms with E-state index in [2.05, 4.69) is 79.6 Å². The van der Waals surface area contributed by atoms with Crippen molar-refractivity contribution in [3.05, 3.63) is 83.4 Å². The van der Waals surface area contributed by atoms with E-state index in [1.54, 1.807) is 0 Å². The maximum absolute atomic E-state index is 5.14. The van der Waals surface area contributed by atoms with Crippen molar-refractivity contribution in [2.75, 3.05) is 0 Å². The molecule has 0 aliphatic carbocycles. The second-order valence-electron chi connectivity index (χ2n) is 6.90. The zero-order chi connectivity index (χ0) is 19.5. The summed E-state index contributed by atoms with van der Waals surface area (Å²) in [6, 6.07) is 23.3. The molecule has 1 aromatic heterocycles. The van der Waals surface area contributed by atoms with Gasteiger partial charge in [-0.25, -0.2) is 0 Å². The fraction of sp³-hybridized carbons (Fsp3) is 0.174. The molecule has 4 aromatic rings. The SMILES string of the molecule is Cc1ccc([Te]C(Cn2nnc3ccccc32)=Nc2c(C)cccc2C)cc1. The van der Waals surface area contributed by atoms with Crippen molar-refractivity contribution in [1.29, 1.82) is 0 Å². The summed E-state index contributed by atoms with van der Waals surface area (Å²) < 4.78 is 4.55. The Bertz CT molecular complexity index is 1120. The Labute approximate surface area is 175 Å². The van der Waals surface area contributed by atoms with Crippen molar-refractivity contribution in [3.63, 3.8) is 0 Å². The zero-order valence-electron chi connectivity index (χ0n) is 16.3. The first-order valence-electron chi connectivity index (χ1n) is 9.27. The van der Waals surface area contributed by atoms with Crippen LogP contribution in [-0.4, -0.2) is 39.7 Å². The minimum absolute atomic E-state index is 0.621. The molecule has 1 heterocycles. The monoisotopic (exact) mass is 484 g/mol. The van der Waals surface area contributed by atoms with Crippen LogP contribution in [0.25, 0.3) is 11.0 Å². The van der Waals surface area contributed by atoms with Crippen molar-refractivity contribution in [1.82, 2.24) is 15.0 Å². The number of rotatable bonds is 5. The van der Waals surface area contributed by atoms with E-state index >= 15 is 0 Å². The molecule has 4 nitrogen and oxygen atoms in total. The average Bonchev–Trinajstić information content (AvgIpc) is 3.09. The molecule has 0 saturated heterocycles. The number of aliphatic imine (C=N–C) groups is 1. The molecule has 0 amide bonds. The third-order valence-electron chi connectivity index (χ3n) is 4.64. The molecule has 0 N–H and O–H groups in total. The van der Waals surface area contributed by atoms with Crippen LogP contribution in [0.4, 0.5) is 5.69 Å². The summed E-state index contributed by atoms with van der Waals surface area (Å²) in [5.41, 5.74) is 6.75. The number of fused-ring (bicyclic) bond motifs is 1. The quantitative estimate of drug-likeness (QED) is 0.318. The van der Waals surface area contributed by atoms with E-state index in [1.165, 1.54) is 24.1 Å². The van der Waals surface area contributed by atoms with Gasteiger partial charge in [-0.2, -0.15) is 0 Å². The van der Waals surface area contributed by atoms with E-state index in [1.807, 2.05) is 22.9 Å². The molecule has 0 saturated carbocycles. The summed E-state index contributed by atoms with van der Waals surface area (Å²) in [6.45, 7) is 7.05. The second kappa shape index (κ2) is 8.26. The Kier molecular flexibility index (Phi) is 5.57. The summed E-state index contributed by atoms with van der Waals surface area (Å²) in [7, 11) is 0. The Morgan fingerprint density at radius 1 is 0.893 bits per heavy atom. The van der Waals surface area contributed by atoms with E-state index in [4.69, 9.17) is 4.99 Å². The van der Waals surface area contributed by atoms with Crippen LogP contribution in [-0.2, 0) is 6.54 Å². The molecule has 0 fully saturated rings. The second-order valence-corrected chi connectivity index (χ2v) is 10.2. The van der Waals surface area contributed by atoms with E-state index in [0.717, 1.165) is 16.7 Å². The van der Waals surface area contributed by atoms with Crippen LogP contribution in [0.3, 0.4) is 0 Å². The van der Waals surface area contributed by atoms with Crippen molar-refractivity contribution < 1.29 is 0 Å². The topological polar surface area (TPSA) is 43.1 Å². The van der Waals surface area contributed by atoms with Gasteiger partial charge in [0.25, 0.3) is 0 Å². The number of hydrogen-bond acceptors (Lipinski definition) is 3. The van der Waals surface area contributed by atoms with E-state index < -0.39 is 20.9 Å². The van der Waals surface area contributed by atoms with Gasteiger partial charge in [0.15, 0.2) is 0 Å². The molecule has 5 heteroatoms. The van der Waals surface area contributed by atoms with E-state index in [-0.39, 0.29) is 0 Å². The first-order valence-corrected chi connectivity index (χ1v) is 11.6. The third kappa shape index (κ3) is 4.16.